The SMILES string of the molecule is BB(B)B(B(B)B)B(B(B)B)B(B(B(B(B)B)B(B)B)B(B(B)B)B(B)B)B(B(B(B(B(B)B)B(B)B)B(B(B)B)B(B)B)B(B(B(B)B)B(B)B)B(B(B)B)B(B)B)B(B(B(B(B)B)B(B)B)B(B(B)B)B(B)B)B(B(B(B)B)B(B)B)B(B(B)B)B(B)B. The summed E-state index contributed by atoms with van der Waals surface area (Å²) in [5, 5.41) is 0. The molecule has 0 saturated carbocycles. The van der Waals surface area contributed by atoms with E-state index in [-0.39, 0.29) is 0 Å². The van der Waals surface area contributed by atoms with Crippen molar-refractivity contribution in [1.29, 1.82) is 0 Å². The average molecular weight is 1070 g/mol. The van der Waals surface area contributed by atoms with Crippen LogP contribution in [0.15, 0.2) is 0 Å². The van der Waals surface area contributed by atoms with Crippen molar-refractivity contribution in [3.63, 3.8) is 0 Å². The van der Waals surface area contributed by atoms with Gasteiger partial charge in [0.05, 0.1) is 356 Å². The minimum Gasteiger partial charge on any atom is 0.00000106 e. The molecule has 0 radical (unpaired) electrons. The Morgan fingerprint density at radius 3 is 0.167 bits per heavy atom. The highest BCUT2D eigenvalue weighted by atomic mass is 13.5. The standard InChI is InChI=1S/B90H92/c1-47(2)70(48(3)4)81(69(45)46)87(82(71(49(5)6)50(7)8)72(51(9)10)52(11)12)90(88(83(73(53(13)14)54(15)16)74(55(17)18)56(19)20)84(75(57(21)22)58(23)24)76(59(25)26)60(27)28)89(85(77(61(29)30)62(31)32)78(63(33)34)64(35)36)86(79(65(37)38)66(39)40)80(67(41)42)68(43)44/h1-46H2. The number of rotatable bonds is 43. The normalized spacial score (nSPS) is 9.82. The van der Waals surface area contributed by atoms with E-state index in [2.05, 4.69) is 356 Å². The molecule has 0 aliphatic rings. The molecule has 0 fully saturated rings. The van der Waals surface area contributed by atoms with Gasteiger partial charge >= 0.3 is 0 Å². The molecule has 90 heavy (non-hydrogen) atoms. The Labute approximate surface area is 630 Å². The lowest BCUT2D eigenvalue weighted by molar-refractivity contribution is 3.13. The first-order chi connectivity index (χ1) is 40.9. The summed E-state index contributed by atoms with van der Waals surface area (Å²) < 4.78 is 0. The van der Waals surface area contributed by atoms with E-state index in [1.165, 1.54) is 0 Å². The molecular formula is H92B90. The predicted molar refractivity (Wildman–Crippen MR) is 646 cm³/mol. The summed E-state index contributed by atoms with van der Waals surface area (Å²) in [6, 6.07) is 0. The van der Waals surface area contributed by atoms with Gasteiger partial charge in [0.2, 0.25) is 0 Å². The second-order valence-electron chi connectivity index (χ2n) is 40.7. The Morgan fingerprint density at radius 1 is 0.0556 bits per heavy atom. The van der Waals surface area contributed by atoms with E-state index in [1.54, 1.807) is 0 Å². The van der Waals surface area contributed by atoms with Gasteiger partial charge in [0.15, 0.2) is 0 Å². The summed E-state index contributed by atoms with van der Waals surface area (Å²) in [5.74, 6) is 0. The largest absolute Gasteiger partial charge is 0.0552 e. The van der Waals surface area contributed by atoms with Crippen LogP contribution in [0.5, 0.6) is 0 Å². The zero-order valence-electron chi connectivity index (χ0n) is 71.4. The highest BCUT2D eigenvalue weighted by molar-refractivity contribution is 8.43. The van der Waals surface area contributed by atoms with E-state index in [4.69, 9.17) is 0 Å². The van der Waals surface area contributed by atoms with Gasteiger partial charge in [-0.3, -0.25) is 0 Å². The Balaban J connectivity index is 13.7. The van der Waals surface area contributed by atoms with Crippen molar-refractivity contribution in [3.05, 3.63) is 0 Å². The van der Waals surface area contributed by atoms with Crippen molar-refractivity contribution >= 4 is 637 Å². The van der Waals surface area contributed by atoms with Gasteiger partial charge in [-0.2, -0.15) is 0 Å². The zero-order valence-corrected chi connectivity index (χ0v) is 71.4. The van der Waals surface area contributed by atoms with Gasteiger partial charge in [-0.05, 0) is 0 Å². The molecule has 0 bridgehead atoms. The molecule has 90 heteroatoms. The highest BCUT2D eigenvalue weighted by Crippen LogP contribution is 2.29. The van der Waals surface area contributed by atoms with Crippen LogP contribution >= 0.6 is 0 Å². The molecule has 0 aliphatic heterocycles. The van der Waals surface area contributed by atoms with Crippen molar-refractivity contribution in [1.82, 2.24) is 0 Å². The fraction of sp³-hybridized carbons (Fsp3) is 0. The first-order valence-electron chi connectivity index (χ1n) is 40.9. The minimum absolute atomic E-state index is 0.465. The molecule has 0 amide bonds. The Kier molecular flexibility index (Phi) is 46.8. The quantitative estimate of drug-likeness (QED) is 0.0534. The number of hydrogen-bond acceptors (Lipinski definition) is 0. The molecule has 0 atom stereocenters. The Bertz CT molecular complexity index is 1450. The molecule has 0 aromatic carbocycles. The van der Waals surface area contributed by atoms with Crippen molar-refractivity contribution in [2.45, 2.75) is 0 Å². The molecule has 0 rings (SSSR count). The van der Waals surface area contributed by atoms with Gasteiger partial charge in [-0.1, -0.05) is 0 Å². The third-order valence-electron chi connectivity index (χ3n) is 26.6. The average Bonchev–Trinajstić information content (AvgIpc) is 3.30. The lowest BCUT2D eigenvalue weighted by atomic mass is 8.19. The van der Waals surface area contributed by atoms with Gasteiger partial charge in [-0.25, -0.2) is 0 Å². The fourth-order valence-electron chi connectivity index (χ4n) is 26.3. The smallest absolute Gasteiger partial charge is 0.00000106 e. The van der Waals surface area contributed by atoms with Crippen LogP contribution < -0.4 is 0 Å². The highest BCUT2D eigenvalue weighted by Gasteiger charge is 2.68. The molecule has 0 spiro atoms. The number of hydrogen-bond donors (Lipinski definition) is 0. The molecule has 0 unspecified atom stereocenters. The van der Waals surface area contributed by atoms with E-state index in [0.29, 0.717) is 281 Å². The van der Waals surface area contributed by atoms with Crippen LogP contribution in [0.4, 0.5) is 0 Å². The monoisotopic (exact) mass is 1080 g/mol. The topological polar surface area (TPSA) is 0 Å². The maximum atomic E-state index is 2.83. The van der Waals surface area contributed by atoms with E-state index >= 15 is 0 Å². The zero-order chi connectivity index (χ0) is 71.4. The van der Waals surface area contributed by atoms with Crippen LogP contribution in [0.1, 0.15) is 0 Å². The van der Waals surface area contributed by atoms with Gasteiger partial charge in [0.1, 0.15) is 0 Å². The van der Waals surface area contributed by atoms with E-state index in [0.717, 1.165) is 0 Å². The van der Waals surface area contributed by atoms with E-state index in [1.807, 2.05) is 0 Å². The molecule has 0 aromatic heterocycles. The predicted octanol–water partition coefficient (Wildman–Crippen LogP) is -58.9. The molecule has 0 aliphatic carbocycles. The van der Waals surface area contributed by atoms with E-state index in [9.17, 15) is 0 Å². The van der Waals surface area contributed by atoms with Crippen LogP contribution in [0.2, 0.25) is 0 Å². The van der Waals surface area contributed by atoms with Gasteiger partial charge in [-0.15, -0.1) is 0 Å². The summed E-state index contributed by atoms with van der Waals surface area (Å²) in [5.41, 5.74) is 0. The summed E-state index contributed by atoms with van der Waals surface area (Å²) in [6.45, 7) is 0. The summed E-state index contributed by atoms with van der Waals surface area (Å²) in [6.07, 6.45) is 24.2. The lowest BCUT2D eigenvalue weighted by Crippen LogP contribution is -3.00. The minimum atomic E-state index is 0.465. The second-order valence-corrected chi connectivity index (χ2v) is 40.7. The molecule has 0 nitrogen and oxygen atoms in total. The van der Waals surface area contributed by atoms with Gasteiger partial charge in [0.25, 0.3) is 0 Å². The van der Waals surface area contributed by atoms with E-state index < -0.39 is 0 Å². The fourth-order valence-corrected chi connectivity index (χ4v) is 26.3. The van der Waals surface area contributed by atoms with Gasteiger partial charge in [0, 0.05) is 281 Å². The van der Waals surface area contributed by atoms with Gasteiger partial charge < -0.3 is 0 Å². The first-order valence-corrected chi connectivity index (χ1v) is 40.9. The molecule has 0 aromatic rings. The van der Waals surface area contributed by atoms with Crippen LogP contribution in [0.3, 0.4) is 0 Å². The molecule has 0 N–H and O–H groups in total. The van der Waals surface area contributed by atoms with Crippen LogP contribution in [0, 0.1) is 0 Å². The molecule has 362 valence electrons. The second kappa shape index (κ2) is 44.0. The maximum absolute atomic E-state index is 2.83. The summed E-state index contributed by atoms with van der Waals surface area (Å²) in [4.78, 5) is 0. The van der Waals surface area contributed by atoms with Crippen LogP contribution in [0.25, 0.3) is 0 Å². The summed E-state index contributed by atoms with van der Waals surface area (Å²) in [7, 11) is 126. The Hall–Kier alpha value is 5.84. The van der Waals surface area contributed by atoms with Crippen LogP contribution in [-0.4, -0.2) is 637 Å². The first kappa shape index (κ1) is 95.8. The third kappa shape index (κ3) is 25.6. The summed E-state index contributed by atoms with van der Waals surface area (Å²) >= 11 is 0. The maximum Gasteiger partial charge on any atom is 0.0552 e. The van der Waals surface area contributed by atoms with Crippen LogP contribution in [-0.2, 0) is 0 Å². The Morgan fingerprint density at radius 2 is 0.100 bits per heavy atom. The van der Waals surface area contributed by atoms with Crippen molar-refractivity contribution < 1.29 is 0 Å². The van der Waals surface area contributed by atoms with Crippen molar-refractivity contribution in [3.8, 4) is 0 Å². The van der Waals surface area contributed by atoms with Crippen molar-refractivity contribution in [2.75, 3.05) is 0 Å². The van der Waals surface area contributed by atoms with Crippen molar-refractivity contribution in [2.24, 2.45) is 0 Å². The third-order valence-corrected chi connectivity index (χ3v) is 26.6. The molecule has 0 heterocycles. The lowest BCUT2D eigenvalue weighted by Gasteiger charge is -2.62. The molecular weight excluding hydrogens is 973 g/mol. The molecule has 0 saturated heterocycles.